The number of ether oxygens (including phenoxy) is 8. The lowest BCUT2D eigenvalue weighted by Crippen LogP contribution is -2.17. The third-order valence-corrected chi connectivity index (χ3v) is 11.5. The van der Waals surface area contributed by atoms with Crippen LogP contribution in [0.3, 0.4) is 0 Å². The molecule has 0 fully saturated rings. The number of aryl methyl sites for hydroxylation is 2. The lowest BCUT2D eigenvalue weighted by Gasteiger charge is -2.26. The minimum Gasteiger partial charge on any atom is -0.426 e. The Hall–Kier alpha value is -7.69. The van der Waals surface area contributed by atoms with E-state index in [1.807, 2.05) is 12.1 Å². The van der Waals surface area contributed by atoms with E-state index in [1.54, 1.807) is 48.5 Å². The topological polar surface area (TPSA) is 227 Å². The molecule has 0 N–H and O–H groups in total. The van der Waals surface area contributed by atoms with Crippen LogP contribution in [0, 0.1) is 0 Å². The van der Waals surface area contributed by atoms with Gasteiger partial charge in [0.1, 0.15) is 28.6 Å². The Kier molecular flexibility index (Phi) is 24.3. The maximum Gasteiger partial charge on any atom is 0.308 e. The molecule has 75 heavy (non-hydrogen) atoms. The zero-order chi connectivity index (χ0) is 55.0. The van der Waals surface area contributed by atoms with Gasteiger partial charge in [0, 0.05) is 78.9 Å². The van der Waals surface area contributed by atoms with Crippen LogP contribution in [0.1, 0.15) is 184 Å². The van der Waals surface area contributed by atoms with E-state index in [1.165, 1.54) is 61.5 Å². The highest BCUT2D eigenvalue weighted by atomic mass is 16.6. The first kappa shape index (κ1) is 59.9. The van der Waals surface area contributed by atoms with Crippen molar-refractivity contribution in [2.75, 3.05) is 0 Å². The van der Waals surface area contributed by atoms with Gasteiger partial charge in [0.25, 0.3) is 0 Å². The molecular weight excluding hydrogens is 969 g/mol. The van der Waals surface area contributed by atoms with Crippen LogP contribution in [0.4, 0.5) is 0 Å². The summed E-state index contributed by atoms with van der Waals surface area (Å²) in [6, 6.07) is 18.0. The lowest BCUT2D eigenvalue weighted by molar-refractivity contribution is -0.134. The maximum absolute atomic E-state index is 14.4. The van der Waals surface area contributed by atoms with Gasteiger partial charge in [-0.05, 0) is 92.1 Å². The third kappa shape index (κ3) is 20.6. The summed E-state index contributed by atoms with van der Waals surface area (Å²) < 4.78 is 43.8. The molecule has 0 amide bonds. The zero-order valence-corrected chi connectivity index (χ0v) is 44.2. The molecule has 402 valence electrons. The van der Waals surface area contributed by atoms with E-state index in [4.69, 9.17) is 37.9 Å². The first-order valence-electron chi connectivity index (χ1n) is 25.3. The number of carbonyl (C=O) groups excluding carboxylic acids is 9. The molecule has 0 aromatic heterocycles. The molecule has 0 bridgehead atoms. The van der Waals surface area contributed by atoms with Crippen LogP contribution in [0.2, 0.25) is 0 Å². The Morgan fingerprint density at radius 3 is 1.16 bits per heavy atom. The second kappa shape index (κ2) is 30.5. The average molecular weight is 1040 g/mol. The molecule has 1 unspecified atom stereocenters. The molecule has 0 aliphatic rings. The maximum atomic E-state index is 14.4. The number of carbonyl (C=O) groups is 9. The summed E-state index contributed by atoms with van der Waals surface area (Å²) in [6.07, 6.45) is 11.0. The number of hydrogen-bond acceptors (Lipinski definition) is 17. The van der Waals surface area contributed by atoms with Gasteiger partial charge in [0.15, 0.2) is 28.8 Å². The lowest BCUT2D eigenvalue weighted by atomic mass is 9.83. The van der Waals surface area contributed by atoms with Crippen LogP contribution in [0.5, 0.6) is 46.0 Å². The number of Topliss-reactive ketones (excluding diaryl/α,β-unsaturated/α-hetero) is 1. The van der Waals surface area contributed by atoms with Crippen LogP contribution < -0.4 is 37.9 Å². The minimum atomic E-state index is -0.788. The second-order valence-electron chi connectivity index (χ2n) is 18.1. The number of benzene rings is 4. The number of rotatable bonds is 29. The van der Waals surface area contributed by atoms with Gasteiger partial charge in [0.2, 0.25) is 0 Å². The molecule has 0 saturated carbocycles. The van der Waals surface area contributed by atoms with Crippen molar-refractivity contribution in [2.45, 2.75) is 164 Å². The van der Waals surface area contributed by atoms with Gasteiger partial charge in [-0.3, -0.25) is 43.2 Å². The van der Waals surface area contributed by atoms with Gasteiger partial charge >= 0.3 is 47.8 Å². The first-order chi connectivity index (χ1) is 35.7. The van der Waals surface area contributed by atoms with Crippen molar-refractivity contribution in [3.8, 4) is 46.0 Å². The molecule has 0 saturated heterocycles. The summed E-state index contributed by atoms with van der Waals surface area (Å²) in [5.74, 6) is -5.45. The highest BCUT2D eigenvalue weighted by Gasteiger charge is 2.32. The number of ketones is 1. The van der Waals surface area contributed by atoms with Crippen molar-refractivity contribution in [1.82, 2.24) is 0 Å². The van der Waals surface area contributed by atoms with Crippen molar-refractivity contribution in [2.24, 2.45) is 0 Å². The summed E-state index contributed by atoms with van der Waals surface area (Å²) in [7, 11) is 0. The van der Waals surface area contributed by atoms with Gasteiger partial charge in [-0.15, -0.1) is 0 Å². The van der Waals surface area contributed by atoms with E-state index < -0.39 is 59.5 Å². The quantitative estimate of drug-likeness (QED) is 0.0213. The Morgan fingerprint density at radius 1 is 0.360 bits per heavy atom. The monoisotopic (exact) mass is 1040 g/mol. The summed E-state index contributed by atoms with van der Waals surface area (Å²) in [6.45, 7) is 9.92. The SMILES string of the molecule is CC(=O)Oc1ccc(CCCCCCCCC(=O)c2c(OC(C)=O)ccc(C(CCCCCCCCc3ccc(OC(C)=O)c(OC(C)=O)c3)c3c(OC(C)=O)cccc3OC(C)=O)c2OC(C)=O)cc1OC(C)=O. The molecule has 0 aliphatic carbocycles. The largest absolute Gasteiger partial charge is 0.426 e. The number of unbranched alkanes of at least 4 members (excludes halogenated alkanes) is 10. The first-order valence-corrected chi connectivity index (χ1v) is 25.3. The summed E-state index contributed by atoms with van der Waals surface area (Å²) in [5, 5.41) is 0. The summed E-state index contributed by atoms with van der Waals surface area (Å²) in [4.78, 5) is 111. The van der Waals surface area contributed by atoms with E-state index in [-0.39, 0.29) is 58.0 Å². The Bertz CT molecular complexity index is 2670. The fourth-order valence-corrected chi connectivity index (χ4v) is 8.62. The van der Waals surface area contributed by atoms with Gasteiger partial charge in [0.05, 0.1) is 0 Å². The highest BCUT2D eigenvalue weighted by molar-refractivity contribution is 6.03. The molecule has 0 radical (unpaired) electrons. The minimum absolute atomic E-state index is 0.0277. The fraction of sp³-hybridized carbons (Fsp3) is 0.431. The van der Waals surface area contributed by atoms with E-state index >= 15 is 0 Å². The highest BCUT2D eigenvalue weighted by Crippen LogP contribution is 2.48. The van der Waals surface area contributed by atoms with Crippen LogP contribution >= 0.6 is 0 Å². The summed E-state index contributed by atoms with van der Waals surface area (Å²) >= 11 is 0. The predicted molar refractivity (Wildman–Crippen MR) is 274 cm³/mol. The van der Waals surface area contributed by atoms with Crippen molar-refractivity contribution in [3.05, 3.63) is 94.5 Å². The normalized spacial score (nSPS) is 11.1. The molecule has 17 heteroatoms. The van der Waals surface area contributed by atoms with Crippen LogP contribution in [-0.2, 0) is 51.2 Å². The Morgan fingerprint density at radius 2 is 0.720 bits per heavy atom. The van der Waals surface area contributed by atoms with Crippen molar-refractivity contribution in [3.63, 3.8) is 0 Å². The predicted octanol–water partition coefficient (Wildman–Crippen LogP) is 11.4. The molecule has 0 spiro atoms. The zero-order valence-electron chi connectivity index (χ0n) is 44.2. The van der Waals surface area contributed by atoms with Crippen molar-refractivity contribution >= 4 is 53.5 Å². The molecule has 0 aliphatic heterocycles. The molecular formula is C58H68O17. The standard InChI is InChI=1S/C58H68O17/c1-36(59)68-49-31-28-44(34-54(49)73-41(6)64)22-17-13-9-11-15-19-24-46(56-51(70-38(3)61)26-21-27-52(56)71-39(4)62)47-30-33-53(72-40(5)63)57(58(47)75-43(8)66)48(67)25-20-16-12-10-14-18-23-45-29-32-50(69-37(2)60)55(35-45)74-42(7)65/h21,26-35,46H,9-20,22-25H2,1-8H3. The van der Waals surface area contributed by atoms with Crippen molar-refractivity contribution < 1.29 is 81.0 Å². The average Bonchev–Trinajstić information content (AvgIpc) is 3.30. The molecule has 4 aromatic rings. The van der Waals surface area contributed by atoms with Crippen LogP contribution in [0.15, 0.2) is 66.7 Å². The van der Waals surface area contributed by atoms with Crippen molar-refractivity contribution in [1.29, 1.82) is 0 Å². The molecule has 17 nitrogen and oxygen atoms in total. The van der Waals surface area contributed by atoms with Crippen LogP contribution in [-0.4, -0.2) is 53.5 Å². The van der Waals surface area contributed by atoms with Gasteiger partial charge in [-0.1, -0.05) is 82.1 Å². The van der Waals surface area contributed by atoms with E-state index in [9.17, 15) is 43.2 Å². The molecule has 4 rings (SSSR count). The molecule has 4 aromatic carbocycles. The number of esters is 8. The summed E-state index contributed by atoms with van der Waals surface area (Å²) in [5.41, 5.74) is 2.37. The van der Waals surface area contributed by atoms with E-state index in [0.29, 0.717) is 49.7 Å². The van der Waals surface area contributed by atoms with Gasteiger partial charge in [-0.2, -0.15) is 0 Å². The Labute approximate surface area is 437 Å². The molecule has 1 atom stereocenters. The van der Waals surface area contributed by atoms with Gasteiger partial charge in [-0.25, -0.2) is 0 Å². The molecule has 0 heterocycles. The van der Waals surface area contributed by atoms with Crippen LogP contribution in [0.25, 0.3) is 0 Å². The van der Waals surface area contributed by atoms with Gasteiger partial charge < -0.3 is 37.9 Å². The third-order valence-electron chi connectivity index (χ3n) is 11.5. The smallest absolute Gasteiger partial charge is 0.308 e. The van der Waals surface area contributed by atoms with E-state index in [2.05, 4.69) is 0 Å². The van der Waals surface area contributed by atoms with E-state index in [0.717, 1.165) is 68.9 Å². The Balaban J connectivity index is 1.53. The number of hydrogen-bond donors (Lipinski definition) is 0. The fourth-order valence-electron chi connectivity index (χ4n) is 8.62. The second-order valence-corrected chi connectivity index (χ2v) is 18.1.